The molecule has 0 aliphatic rings. The Morgan fingerprint density at radius 3 is 2.31 bits per heavy atom. The van der Waals surface area contributed by atoms with E-state index in [1.807, 2.05) is 0 Å². The van der Waals surface area contributed by atoms with Crippen molar-refractivity contribution in [3.05, 3.63) is 28.5 Å². The number of hydrogen-bond acceptors (Lipinski definition) is 2. The van der Waals surface area contributed by atoms with Crippen molar-refractivity contribution in [1.82, 2.24) is 4.31 Å². The van der Waals surface area contributed by atoms with Crippen molar-refractivity contribution < 1.29 is 12.8 Å². The van der Waals surface area contributed by atoms with Crippen molar-refractivity contribution in [2.75, 3.05) is 13.1 Å². The van der Waals surface area contributed by atoms with Crippen LogP contribution in [0.4, 0.5) is 4.39 Å². The van der Waals surface area contributed by atoms with Crippen LogP contribution in [0, 0.1) is 5.82 Å². The number of sulfonamides is 1. The summed E-state index contributed by atoms with van der Waals surface area (Å²) < 4.78 is 38.6. The molecule has 1 aromatic carbocycles. The predicted octanol–water partition coefficient (Wildman–Crippen LogP) is 2.62. The molecular formula is C10H13BrFNO2S. The fraction of sp³-hybridized carbons (Fsp3) is 0.400. The van der Waals surface area contributed by atoms with E-state index in [0.717, 1.165) is 6.07 Å². The quantitative estimate of drug-likeness (QED) is 0.857. The maximum atomic E-state index is 13.0. The Hall–Kier alpha value is -0.460. The fourth-order valence-electron chi connectivity index (χ4n) is 1.35. The minimum atomic E-state index is -3.50. The van der Waals surface area contributed by atoms with Gasteiger partial charge in [-0.2, -0.15) is 4.31 Å². The summed E-state index contributed by atoms with van der Waals surface area (Å²) in [5.41, 5.74) is 0. The molecule has 16 heavy (non-hydrogen) atoms. The Labute approximate surface area is 103 Å². The van der Waals surface area contributed by atoms with Crippen LogP contribution >= 0.6 is 15.9 Å². The van der Waals surface area contributed by atoms with E-state index in [9.17, 15) is 12.8 Å². The van der Waals surface area contributed by atoms with Crippen LogP contribution in [-0.2, 0) is 10.0 Å². The van der Waals surface area contributed by atoms with E-state index in [0.29, 0.717) is 13.1 Å². The van der Waals surface area contributed by atoms with Crippen molar-refractivity contribution >= 4 is 26.0 Å². The normalized spacial score (nSPS) is 12.1. The lowest BCUT2D eigenvalue weighted by Gasteiger charge is -2.18. The Bertz CT molecular complexity index is 472. The van der Waals surface area contributed by atoms with Gasteiger partial charge in [-0.25, -0.2) is 12.8 Å². The third-order valence-corrected chi connectivity index (χ3v) is 4.89. The summed E-state index contributed by atoms with van der Waals surface area (Å²) in [4.78, 5) is 0.101. The highest BCUT2D eigenvalue weighted by Crippen LogP contribution is 2.22. The molecule has 0 N–H and O–H groups in total. The van der Waals surface area contributed by atoms with Gasteiger partial charge in [0.2, 0.25) is 10.0 Å². The molecule has 0 saturated carbocycles. The van der Waals surface area contributed by atoms with Crippen LogP contribution in [0.5, 0.6) is 0 Å². The molecule has 0 saturated heterocycles. The Kier molecular flexibility index (Phi) is 4.46. The highest BCUT2D eigenvalue weighted by molar-refractivity contribution is 9.10. The van der Waals surface area contributed by atoms with Crippen LogP contribution in [-0.4, -0.2) is 25.8 Å². The molecule has 0 fully saturated rings. The molecule has 0 amide bonds. The summed E-state index contributed by atoms with van der Waals surface area (Å²) in [7, 11) is -3.50. The van der Waals surface area contributed by atoms with E-state index in [4.69, 9.17) is 0 Å². The average molecular weight is 310 g/mol. The van der Waals surface area contributed by atoms with Gasteiger partial charge in [-0.05, 0) is 34.1 Å². The van der Waals surface area contributed by atoms with Crippen LogP contribution in [0.3, 0.4) is 0 Å². The molecule has 0 heterocycles. The van der Waals surface area contributed by atoms with Gasteiger partial charge >= 0.3 is 0 Å². The molecule has 0 radical (unpaired) electrons. The fourth-order valence-corrected chi connectivity index (χ4v) is 3.36. The van der Waals surface area contributed by atoms with E-state index in [-0.39, 0.29) is 9.37 Å². The third-order valence-electron chi connectivity index (χ3n) is 2.23. The summed E-state index contributed by atoms with van der Waals surface area (Å²) in [6.07, 6.45) is 0. The standard InChI is InChI=1S/C10H13BrFNO2S/c1-3-13(4-2)16(14,15)8-5-6-10(12)9(11)7-8/h5-7H,3-4H2,1-2H3. The topological polar surface area (TPSA) is 37.4 Å². The molecule has 90 valence electrons. The minimum absolute atomic E-state index is 0.101. The maximum Gasteiger partial charge on any atom is 0.243 e. The molecular weight excluding hydrogens is 297 g/mol. The van der Waals surface area contributed by atoms with Gasteiger partial charge in [0.15, 0.2) is 0 Å². The van der Waals surface area contributed by atoms with Gasteiger partial charge in [-0.3, -0.25) is 0 Å². The highest BCUT2D eigenvalue weighted by atomic mass is 79.9. The van der Waals surface area contributed by atoms with Gasteiger partial charge in [0, 0.05) is 13.1 Å². The molecule has 6 heteroatoms. The van der Waals surface area contributed by atoms with Crippen molar-refractivity contribution in [3.63, 3.8) is 0 Å². The van der Waals surface area contributed by atoms with Crippen LogP contribution in [0.1, 0.15) is 13.8 Å². The van der Waals surface area contributed by atoms with E-state index in [2.05, 4.69) is 15.9 Å². The number of hydrogen-bond donors (Lipinski definition) is 0. The first-order valence-corrected chi connectivity index (χ1v) is 7.12. The summed E-state index contributed by atoms with van der Waals surface area (Å²) in [6, 6.07) is 3.69. The second-order valence-corrected chi connectivity index (χ2v) is 5.96. The molecule has 0 atom stereocenters. The molecule has 0 bridgehead atoms. The lowest BCUT2D eigenvalue weighted by molar-refractivity contribution is 0.445. The first kappa shape index (κ1) is 13.6. The molecule has 0 aliphatic carbocycles. The summed E-state index contributed by atoms with van der Waals surface area (Å²) >= 11 is 2.97. The maximum absolute atomic E-state index is 13.0. The third kappa shape index (κ3) is 2.61. The first-order valence-electron chi connectivity index (χ1n) is 4.88. The molecule has 1 rings (SSSR count). The van der Waals surface area contributed by atoms with E-state index in [1.54, 1.807) is 13.8 Å². The van der Waals surface area contributed by atoms with E-state index < -0.39 is 15.8 Å². The first-order chi connectivity index (χ1) is 7.43. The predicted molar refractivity (Wildman–Crippen MR) is 64.2 cm³/mol. The minimum Gasteiger partial charge on any atom is -0.207 e. The Morgan fingerprint density at radius 2 is 1.88 bits per heavy atom. The van der Waals surface area contributed by atoms with Crippen LogP contribution < -0.4 is 0 Å². The SMILES string of the molecule is CCN(CC)S(=O)(=O)c1ccc(F)c(Br)c1. The zero-order valence-electron chi connectivity index (χ0n) is 9.07. The Morgan fingerprint density at radius 1 is 1.31 bits per heavy atom. The summed E-state index contributed by atoms with van der Waals surface area (Å²) in [6.45, 7) is 4.32. The number of nitrogens with zero attached hydrogens (tertiary/aromatic N) is 1. The van der Waals surface area contributed by atoms with Gasteiger partial charge in [0.1, 0.15) is 5.82 Å². The zero-order valence-corrected chi connectivity index (χ0v) is 11.5. The molecule has 0 unspecified atom stereocenters. The average Bonchev–Trinajstić information content (AvgIpc) is 2.23. The van der Waals surface area contributed by atoms with E-state index >= 15 is 0 Å². The molecule has 0 aromatic heterocycles. The monoisotopic (exact) mass is 309 g/mol. The number of halogens is 2. The highest BCUT2D eigenvalue weighted by Gasteiger charge is 2.22. The van der Waals surface area contributed by atoms with Crippen LogP contribution in [0.2, 0.25) is 0 Å². The molecule has 1 aromatic rings. The zero-order chi connectivity index (χ0) is 12.3. The largest absolute Gasteiger partial charge is 0.243 e. The lowest BCUT2D eigenvalue weighted by Crippen LogP contribution is -2.30. The smallest absolute Gasteiger partial charge is 0.207 e. The van der Waals surface area contributed by atoms with Gasteiger partial charge in [-0.15, -0.1) is 0 Å². The second-order valence-electron chi connectivity index (χ2n) is 3.17. The van der Waals surface area contributed by atoms with Gasteiger partial charge in [0.25, 0.3) is 0 Å². The molecule has 3 nitrogen and oxygen atoms in total. The van der Waals surface area contributed by atoms with Crippen LogP contribution in [0.15, 0.2) is 27.6 Å². The van der Waals surface area contributed by atoms with Gasteiger partial charge in [-0.1, -0.05) is 13.8 Å². The molecule has 0 aliphatic heterocycles. The van der Waals surface area contributed by atoms with Crippen molar-refractivity contribution in [2.45, 2.75) is 18.7 Å². The number of benzene rings is 1. The van der Waals surface area contributed by atoms with E-state index in [1.165, 1.54) is 16.4 Å². The Balaban J connectivity index is 3.22. The van der Waals surface area contributed by atoms with Gasteiger partial charge in [0.05, 0.1) is 9.37 Å². The van der Waals surface area contributed by atoms with Crippen LogP contribution in [0.25, 0.3) is 0 Å². The van der Waals surface area contributed by atoms with Crippen molar-refractivity contribution in [1.29, 1.82) is 0 Å². The lowest BCUT2D eigenvalue weighted by atomic mass is 10.3. The second kappa shape index (κ2) is 5.25. The number of rotatable bonds is 4. The summed E-state index contributed by atoms with van der Waals surface area (Å²) in [5, 5.41) is 0. The van der Waals surface area contributed by atoms with Crippen molar-refractivity contribution in [3.8, 4) is 0 Å². The van der Waals surface area contributed by atoms with Gasteiger partial charge < -0.3 is 0 Å². The molecule has 0 spiro atoms. The summed E-state index contributed by atoms with van der Waals surface area (Å²) in [5.74, 6) is -0.474. The van der Waals surface area contributed by atoms with Crippen molar-refractivity contribution in [2.24, 2.45) is 0 Å².